The molecular formula is C18H18FN3O2. The Morgan fingerprint density at radius 3 is 2.75 bits per heavy atom. The zero-order valence-electron chi connectivity index (χ0n) is 13.2. The maximum atomic E-state index is 13.1. The molecule has 0 saturated carbocycles. The van der Waals surface area contributed by atoms with Crippen LogP contribution in [0.25, 0.3) is 22.2 Å². The number of fused-ring (bicyclic) bond motifs is 1. The van der Waals surface area contributed by atoms with Gasteiger partial charge in [0.05, 0.1) is 11.2 Å². The van der Waals surface area contributed by atoms with Crippen molar-refractivity contribution in [3.63, 3.8) is 0 Å². The van der Waals surface area contributed by atoms with Crippen LogP contribution in [0.15, 0.2) is 42.5 Å². The smallest absolute Gasteiger partial charge is 0.404 e. The fourth-order valence-electron chi connectivity index (χ4n) is 2.79. The van der Waals surface area contributed by atoms with Gasteiger partial charge in [-0.25, -0.2) is 9.18 Å². The van der Waals surface area contributed by atoms with E-state index >= 15 is 0 Å². The first-order valence-corrected chi connectivity index (χ1v) is 7.76. The normalized spacial score (nSPS) is 12.2. The van der Waals surface area contributed by atoms with Crippen LogP contribution in [0.4, 0.5) is 9.18 Å². The van der Waals surface area contributed by atoms with Crippen molar-refractivity contribution in [3.8, 4) is 11.3 Å². The number of aryl methyl sites for hydroxylation is 1. The Hall–Kier alpha value is -2.89. The van der Waals surface area contributed by atoms with Crippen LogP contribution in [0.1, 0.15) is 18.9 Å². The highest BCUT2D eigenvalue weighted by Gasteiger charge is 2.12. The van der Waals surface area contributed by atoms with Gasteiger partial charge in [-0.1, -0.05) is 18.2 Å². The summed E-state index contributed by atoms with van der Waals surface area (Å²) in [5.41, 5.74) is 3.64. The van der Waals surface area contributed by atoms with Crippen LogP contribution >= 0.6 is 0 Å². The minimum atomic E-state index is -1.01. The minimum absolute atomic E-state index is 0.128. The van der Waals surface area contributed by atoms with Gasteiger partial charge in [0.25, 0.3) is 0 Å². The summed E-state index contributed by atoms with van der Waals surface area (Å²) in [5, 5.41) is 19.6. The fraction of sp³-hybridized carbons (Fsp3) is 0.222. The number of para-hydroxylation sites is 1. The number of halogens is 1. The summed E-state index contributed by atoms with van der Waals surface area (Å²) in [6.45, 7) is 1.84. The lowest BCUT2D eigenvalue weighted by Crippen LogP contribution is -2.31. The SMILES string of the molecule is C[C@@H](CCc1cccc2c(-c3ccc(F)cc3)n[nH]c12)NC(=O)O. The summed E-state index contributed by atoms with van der Waals surface area (Å²) in [6, 6.07) is 12.0. The van der Waals surface area contributed by atoms with E-state index in [4.69, 9.17) is 5.11 Å². The van der Waals surface area contributed by atoms with E-state index in [1.807, 2.05) is 25.1 Å². The molecule has 1 amide bonds. The third-order valence-corrected chi connectivity index (χ3v) is 4.02. The second-order valence-corrected chi connectivity index (χ2v) is 5.81. The number of aromatic nitrogens is 2. The van der Waals surface area contributed by atoms with Crippen LogP contribution in [-0.4, -0.2) is 27.4 Å². The molecule has 124 valence electrons. The quantitative estimate of drug-likeness (QED) is 0.664. The standard InChI is InChI=1S/C18H18FN3O2/c1-11(20-18(23)24)5-6-12-3-2-4-15-16(12)21-22-17(15)13-7-9-14(19)10-8-13/h2-4,7-11,20H,5-6H2,1H3,(H,21,22)(H,23,24)/t11-/m0/s1. The summed E-state index contributed by atoms with van der Waals surface area (Å²) in [6.07, 6.45) is 0.404. The van der Waals surface area contributed by atoms with Crippen molar-refractivity contribution >= 4 is 17.0 Å². The van der Waals surface area contributed by atoms with Crippen molar-refractivity contribution in [1.29, 1.82) is 0 Å². The molecule has 0 unspecified atom stereocenters. The van der Waals surface area contributed by atoms with Gasteiger partial charge in [0.15, 0.2) is 0 Å². The van der Waals surface area contributed by atoms with E-state index in [1.54, 1.807) is 12.1 Å². The molecule has 3 rings (SSSR count). The van der Waals surface area contributed by atoms with Gasteiger partial charge in [0.2, 0.25) is 0 Å². The molecule has 0 aliphatic heterocycles. The van der Waals surface area contributed by atoms with Crippen molar-refractivity contribution in [3.05, 3.63) is 53.8 Å². The summed E-state index contributed by atoms with van der Waals surface area (Å²) in [5.74, 6) is -0.279. The third-order valence-electron chi connectivity index (χ3n) is 4.02. The molecule has 0 bridgehead atoms. The number of amides is 1. The highest BCUT2D eigenvalue weighted by Crippen LogP contribution is 2.28. The summed E-state index contributed by atoms with van der Waals surface area (Å²) in [4.78, 5) is 10.7. The lowest BCUT2D eigenvalue weighted by Gasteiger charge is -2.11. The van der Waals surface area contributed by atoms with Gasteiger partial charge in [-0.05, 0) is 49.6 Å². The van der Waals surface area contributed by atoms with E-state index in [0.717, 1.165) is 34.1 Å². The summed E-state index contributed by atoms with van der Waals surface area (Å²) < 4.78 is 13.1. The van der Waals surface area contributed by atoms with Gasteiger partial charge >= 0.3 is 6.09 Å². The molecule has 3 N–H and O–H groups in total. The van der Waals surface area contributed by atoms with E-state index in [-0.39, 0.29) is 11.9 Å². The van der Waals surface area contributed by atoms with Crippen molar-refractivity contribution in [2.45, 2.75) is 25.8 Å². The highest BCUT2D eigenvalue weighted by molar-refractivity contribution is 5.94. The first-order valence-electron chi connectivity index (χ1n) is 7.76. The molecule has 5 nitrogen and oxygen atoms in total. The van der Waals surface area contributed by atoms with Crippen molar-refractivity contribution in [2.75, 3.05) is 0 Å². The Balaban J connectivity index is 1.86. The average molecular weight is 327 g/mol. The number of nitrogens with one attached hydrogen (secondary N) is 2. The van der Waals surface area contributed by atoms with Gasteiger partial charge in [-0.3, -0.25) is 5.10 Å². The Morgan fingerprint density at radius 2 is 2.04 bits per heavy atom. The fourth-order valence-corrected chi connectivity index (χ4v) is 2.79. The molecule has 3 aromatic rings. The zero-order valence-corrected chi connectivity index (χ0v) is 13.2. The van der Waals surface area contributed by atoms with E-state index in [1.165, 1.54) is 12.1 Å². The van der Waals surface area contributed by atoms with Crippen LogP contribution < -0.4 is 5.32 Å². The van der Waals surface area contributed by atoms with Crippen LogP contribution in [0.5, 0.6) is 0 Å². The summed E-state index contributed by atoms with van der Waals surface area (Å²) in [7, 11) is 0. The maximum absolute atomic E-state index is 13.1. The van der Waals surface area contributed by atoms with E-state index in [0.29, 0.717) is 6.42 Å². The Morgan fingerprint density at radius 1 is 1.29 bits per heavy atom. The van der Waals surface area contributed by atoms with Crippen molar-refractivity contribution in [2.24, 2.45) is 0 Å². The second kappa shape index (κ2) is 6.70. The van der Waals surface area contributed by atoms with Gasteiger partial charge in [-0.15, -0.1) is 0 Å². The number of carbonyl (C=O) groups is 1. The molecule has 0 aliphatic rings. The first-order chi connectivity index (χ1) is 11.5. The van der Waals surface area contributed by atoms with Crippen LogP contribution in [0.3, 0.4) is 0 Å². The molecule has 0 saturated heterocycles. The third kappa shape index (κ3) is 3.37. The Bertz CT molecular complexity index is 858. The molecular weight excluding hydrogens is 309 g/mol. The largest absolute Gasteiger partial charge is 0.465 e. The van der Waals surface area contributed by atoms with Crippen LogP contribution in [0.2, 0.25) is 0 Å². The highest BCUT2D eigenvalue weighted by atomic mass is 19.1. The topological polar surface area (TPSA) is 78.0 Å². The molecule has 1 aromatic heterocycles. The van der Waals surface area contributed by atoms with Crippen LogP contribution in [-0.2, 0) is 6.42 Å². The molecule has 0 aliphatic carbocycles. The number of H-pyrrole nitrogens is 1. The number of rotatable bonds is 5. The number of nitrogens with zero attached hydrogens (tertiary/aromatic N) is 1. The lowest BCUT2D eigenvalue weighted by molar-refractivity contribution is 0.190. The molecule has 1 atom stereocenters. The predicted molar refractivity (Wildman–Crippen MR) is 90.4 cm³/mol. The molecule has 0 fully saturated rings. The molecule has 6 heteroatoms. The van der Waals surface area contributed by atoms with E-state index in [9.17, 15) is 9.18 Å². The van der Waals surface area contributed by atoms with Crippen LogP contribution in [0, 0.1) is 5.82 Å². The summed E-state index contributed by atoms with van der Waals surface area (Å²) >= 11 is 0. The first kappa shape index (κ1) is 16.0. The number of hydrogen-bond acceptors (Lipinski definition) is 2. The monoisotopic (exact) mass is 327 g/mol. The average Bonchev–Trinajstić information content (AvgIpc) is 2.97. The van der Waals surface area contributed by atoms with Gasteiger partial charge < -0.3 is 10.4 Å². The molecule has 0 spiro atoms. The number of aromatic amines is 1. The number of benzene rings is 2. The lowest BCUT2D eigenvalue weighted by atomic mass is 10.0. The maximum Gasteiger partial charge on any atom is 0.404 e. The Kier molecular flexibility index (Phi) is 4.46. The minimum Gasteiger partial charge on any atom is -0.465 e. The molecule has 0 radical (unpaired) electrons. The molecule has 24 heavy (non-hydrogen) atoms. The van der Waals surface area contributed by atoms with E-state index < -0.39 is 6.09 Å². The second-order valence-electron chi connectivity index (χ2n) is 5.81. The molecule has 2 aromatic carbocycles. The number of hydrogen-bond donors (Lipinski definition) is 3. The van der Waals surface area contributed by atoms with Gasteiger partial charge in [-0.2, -0.15) is 5.10 Å². The van der Waals surface area contributed by atoms with Gasteiger partial charge in [0, 0.05) is 17.0 Å². The Labute approximate surface area is 138 Å². The zero-order chi connectivity index (χ0) is 17.1. The predicted octanol–water partition coefficient (Wildman–Crippen LogP) is 3.96. The van der Waals surface area contributed by atoms with Crippen molar-refractivity contribution in [1.82, 2.24) is 15.5 Å². The molecule has 1 heterocycles. The van der Waals surface area contributed by atoms with E-state index in [2.05, 4.69) is 15.5 Å². The van der Waals surface area contributed by atoms with Gasteiger partial charge in [0.1, 0.15) is 5.82 Å². The number of carboxylic acid groups (broad SMARTS) is 1. The van der Waals surface area contributed by atoms with Crippen molar-refractivity contribution < 1.29 is 14.3 Å².